The molecule has 1 heteroatoms. The molecule has 1 aromatic rings. The third kappa shape index (κ3) is 1.55. The van der Waals surface area contributed by atoms with Crippen LogP contribution in [0.15, 0.2) is 54.6 Å². The van der Waals surface area contributed by atoms with E-state index in [0.717, 1.165) is 11.1 Å². The Morgan fingerprint density at radius 2 is 2.07 bits per heavy atom. The molecule has 0 heterocycles. The lowest BCUT2D eigenvalue weighted by Crippen LogP contribution is -2.07. The van der Waals surface area contributed by atoms with Gasteiger partial charge < -0.3 is 5.73 Å². The van der Waals surface area contributed by atoms with Gasteiger partial charge in [-0.15, -0.1) is 0 Å². The number of rotatable bonds is 1. The second-order valence-electron chi connectivity index (χ2n) is 3.69. The van der Waals surface area contributed by atoms with Crippen LogP contribution in [0.3, 0.4) is 0 Å². The molecule has 2 N–H and O–H groups in total. The number of allylic oxidation sites excluding steroid dienone is 3. The van der Waals surface area contributed by atoms with Crippen molar-refractivity contribution in [3.05, 3.63) is 65.8 Å². The molecular formula is C14H15N. The van der Waals surface area contributed by atoms with Crippen LogP contribution in [0, 0.1) is 0 Å². The molecule has 1 unspecified atom stereocenters. The molecule has 0 saturated carbocycles. The highest BCUT2D eigenvalue weighted by atomic mass is 14.7. The first-order valence-corrected chi connectivity index (χ1v) is 5.12. The summed E-state index contributed by atoms with van der Waals surface area (Å²) in [5.74, 6) is 0. The zero-order valence-corrected chi connectivity index (χ0v) is 8.90. The van der Waals surface area contributed by atoms with E-state index in [4.69, 9.17) is 5.73 Å². The van der Waals surface area contributed by atoms with Crippen molar-refractivity contribution in [3.63, 3.8) is 0 Å². The van der Waals surface area contributed by atoms with Crippen LogP contribution in [0.5, 0.6) is 0 Å². The summed E-state index contributed by atoms with van der Waals surface area (Å²) in [6, 6.07) is 8.17. The van der Waals surface area contributed by atoms with Crippen LogP contribution in [0.4, 0.5) is 0 Å². The zero-order chi connectivity index (χ0) is 10.8. The lowest BCUT2D eigenvalue weighted by Gasteiger charge is -2.05. The van der Waals surface area contributed by atoms with Gasteiger partial charge in [-0.25, -0.2) is 0 Å². The molecule has 0 aliphatic heterocycles. The maximum Gasteiger partial charge on any atom is 0.0563 e. The van der Waals surface area contributed by atoms with Gasteiger partial charge in [0.15, 0.2) is 0 Å². The Kier molecular flexibility index (Phi) is 2.57. The summed E-state index contributed by atoms with van der Waals surface area (Å²) in [4.78, 5) is 0. The quantitative estimate of drug-likeness (QED) is 0.735. The van der Waals surface area contributed by atoms with Crippen LogP contribution in [0.1, 0.15) is 24.1 Å². The zero-order valence-electron chi connectivity index (χ0n) is 8.90. The Labute approximate surface area is 90.6 Å². The van der Waals surface area contributed by atoms with Crippen molar-refractivity contribution in [3.8, 4) is 0 Å². The van der Waals surface area contributed by atoms with Crippen molar-refractivity contribution in [2.45, 2.75) is 13.0 Å². The maximum absolute atomic E-state index is 6.16. The minimum atomic E-state index is -0.0232. The second-order valence-corrected chi connectivity index (χ2v) is 3.69. The molecule has 0 radical (unpaired) electrons. The first-order chi connectivity index (χ1) is 7.25. The largest absolute Gasteiger partial charge is 0.320 e. The van der Waals surface area contributed by atoms with Crippen molar-refractivity contribution in [1.82, 2.24) is 0 Å². The van der Waals surface area contributed by atoms with Gasteiger partial charge in [0.1, 0.15) is 0 Å². The predicted octanol–water partition coefficient (Wildman–Crippen LogP) is 3.22. The summed E-state index contributed by atoms with van der Waals surface area (Å²) in [7, 11) is 0. The normalized spacial score (nSPS) is 22.7. The average molecular weight is 197 g/mol. The van der Waals surface area contributed by atoms with Gasteiger partial charge in [-0.05, 0) is 29.2 Å². The van der Waals surface area contributed by atoms with Crippen LogP contribution < -0.4 is 5.73 Å². The molecule has 0 fully saturated rings. The molecule has 1 aliphatic rings. The van der Waals surface area contributed by atoms with Gasteiger partial charge in [0.25, 0.3) is 0 Å². The van der Waals surface area contributed by atoms with E-state index in [-0.39, 0.29) is 6.04 Å². The van der Waals surface area contributed by atoms with Gasteiger partial charge >= 0.3 is 0 Å². The molecule has 0 bridgehead atoms. The monoisotopic (exact) mass is 197 g/mol. The van der Waals surface area contributed by atoms with Crippen molar-refractivity contribution in [2.75, 3.05) is 0 Å². The molecule has 1 aliphatic carbocycles. The standard InChI is InChI=1S/C14H15N/c1-3-4-7-12-10(2)11-8-5-6-9-13(11)14(12)15/h3-9,14H,2,15H2,1H3/b4-3-,12-7+. The molecule has 0 amide bonds. The van der Waals surface area contributed by atoms with E-state index in [9.17, 15) is 0 Å². The van der Waals surface area contributed by atoms with Crippen LogP contribution in [-0.2, 0) is 0 Å². The van der Waals surface area contributed by atoms with E-state index < -0.39 is 0 Å². The van der Waals surface area contributed by atoms with Crippen LogP contribution in [0.2, 0.25) is 0 Å². The molecule has 1 atom stereocenters. The fraction of sp³-hybridized carbons (Fsp3) is 0.143. The summed E-state index contributed by atoms with van der Waals surface area (Å²) in [6.07, 6.45) is 6.05. The fourth-order valence-electron chi connectivity index (χ4n) is 1.96. The summed E-state index contributed by atoms with van der Waals surface area (Å²) < 4.78 is 0. The van der Waals surface area contributed by atoms with Crippen molar-refractivity contribution in [2.24, 2.45) is 5.73 Å². The Morgan fingerprint density at radius 1 is 1.33 bits per heavy atom. The van der Waals surface area contributed by atoms with Gasteiger partial charge in [-0.2, -0.15) is 0 Å². The lowest BCUT2D eigenvalue weighted by molar-refractivity contribution is 0.902. The summed E-state index contributed by atoms with van der Waals surface area (Å²) in [5, 5.41) is 0. The molecule has 1 aromatic carbocycles. The lowest BCUT2D eigenvalue weighted by atomic mass is 10.1. The molecule has 15 heavy (non-hydrogen) atoms. The number of hydrogen-bond acceptors (Lipinski definition) is 1. The highest BCUT2D eigenvalue weighted by Gasteiger charge is 2.26. The first-order valence-electron chi connectivity index (χ1n) is 5.12. The smallest absolute Gasteiger partial charge is 0.0563 e. The minimum absolute atomic E-state index is 0.0232. The topological polar surface area (TPSA) is 26.0 Å². The molecule has 76 valence electrons. The molecule has 0 saturated heterocycles. The average Bonchev–Trinajstić information content (AvgIpc) is 2.51. The van der Waals surface area contributed by atoms with Crippen molar-refractivity contribution in [1.29, 1.82) is 0 Å². The summed E-state index contributed by atoms with van der Waals surface area (Å²) in [5.41, 5.74) is 10.7. The first kappa shape index (κ1) is 9.94. The van der Waals surface area contributed by atoms with E-state index in [1.165, 1.54) is 11.1 Å². The number of nitrogens with two attached hydrogens (primary N) is 1. The third-order valence-corrected chi connectivity index (χ3v) is 2.77. The van der Waals surface area contributed by atoms with Crippen LogP contribution >= 0.6 is 0 Å². The molecule has 0 aromatic heterocycles. The van der Waals surface area contributed by atoms with Gasteiger partial charge in [0, 0.05) is 0 Å². The van der Waals surface area contributed by atoms with Crippen LogP contribution in [0.25, 0.3) is 5.57 Å². The van der Waals surface area contributed by atoms with E-state index in [1.807, 2.05) is 37.3 Å². The van der Waals surface area contributed by atoms with E-state index >= 15 is 0 Å². The number of benzene rings is 1. The van der Waals surface area contributed by atoms with Gasteiger partial charge in [0.2, 0.25) is 0 Å². The third-order valence-electron chi connectivity index (χ3n) is 2.77. The maximum atomic E-state index is 6.16. The minimum Gasteiger partial charge on any atom is -0.320 e. The molecule has 0 spiro atoms. The Hall–Kier alpha value is -1.60. The molecular weight excluding hydrogens is 182 g/mol. The second kappa shape index (κ2) is 3.87. The van der Waals surface area contributed by atoms with Gasteiger partial charge in [0.05, 0.1) is 6.04 Å². The van der Waals surface area contributed by atoms with Crippen molar-refractivity contribution < 1.29 is 0 Å². The number of hydrogen-bond donors (Lipinski definition) is 1. The van der Waals surface area contributed by atoms with Crippen LogP contribution in [-0.4, -0.2) is 0 Å². The highest BCUT2D eigenvalue weighted by Crippen LogP contribution is 2.41. The van der Waals surface area contributed by atoms with E-state index in [0.29, 0.717) is 0 Å². The predicted molar refractivity (Wildman–Crippen MR) is 65.3 cm³/mol. The van der Waals surface area contributed by atoms with E-state index in [2.05, 4.69) is 18.7 Å². The summed E-state index contributed by atoms with van der Waals surface area (Å²) >= 11 is 0. The molecule has 2 rings (SSSR count). The fourth-order valence-corrected chi connectivity index (χ4v) is 1.96. The van der Waals surface area contributed by atoms with Crippen molar-refractivity contribution >= 4 is 5.57 Å². The van der Waals surface area contributed by atoms with Gasteiger partial charge in [-0.1, -0.05) is 49.1 Å². The Balaban J connectivity index is 2.50. The highest BCUT2D eigenvalue weighted by molar-refractivity contribution is 5.86. The van der Waals surface area contributed by atoms with Gasteiger partial charge in [-0.3, -0.25) is 0 Å². The summed E-state index contributed by atoms with van der Waals surface area (Å²) in [6.45, 7) is 6.09. The Bertz CT molecular complexity index is 452. The van der Waals surface area contributed by atoms with E-state index in [1.54, 1.807) is 0 Å². The SMILES string of the molecule is C=C1/C(=C\C=C/C)C(N)c2ccccc21. The number of fused-ring (bicyclic) bond motifs is 1. The Morgan fingerprint density at radius 3 is 2.73 bits per heavy atom. The molecule has 1 nitrogen and oxygen atoms in total.